The Morgan fingerprint density at radius 1 is 1.06 bits per heavy atom. The van der Waals surface area contributed by atoms with Crippen LogP contribution in [0, 0.1) is 11.6 Å². The van der Waals surface area contributed by atoms with E-state index in [1.54, 1.807) is 42.5 Å². The topological polar surface area (TPSA) is 76.1 Å². The lowest BCUT2D eigenvalue weighted by molar-refractivity contribution is -0.141. The van der Waals surface area contributed by atoms with Crippen LogP contribution in [-0.2, 0) is 11.4 Å². The minimum Gasteiger partial charge on any atom is -0.496 e. The summed E-state index contributed by atoms with van der Waals surface area (Å²) in [6.07, 6.45) is 1.12. The van der Waals surface area contributed by atoms with E-state index in [-0.39, 0.29) is 18.3 Å². The second kappa shape index (κ2) is 9.91. The fourth-order valence-corrected chi connectivity index (χ4v) is 4.05. The van der Waals surface area contributed by atoms with Crippen molar-refractivity contribution in [1.82, 2.24) is 4.90 Å². The maximum atomic E-state index is 13.7. The molecule has 1 atom stereocenters. The zero-order valence-electron chi connectivity index (χ0n) is 18.5. The zero-order valence-corrected chi connectivity index (χ0v) is 18.5. The molecule has 34 heavy (non-hydrogen) atoms. The number of benzene rings is 3. The Bertz CT molecular complexity index is 1210. The van der Waals surface area contributed by atoms with Gasteiger partial charge in [-0.3, -0.25) is 4.79 Å². The smallest absolute Gasteiger partial charge is 0.326 e. The van der Waals surface area contributed by atoms with Crippen molar-refractivity contribution in [3.05, 3.63) is 83.4 Å². The Labute approximate surface area is 195 Å². The molecule has 1 fully saturated rings. The number of carboxylic acids is 1. The summed E-state index contributed by atoms with van der Waals surface area (Å²) in [6, 6.07) is 15.0. The van der Waals surface area contributed by atoms with E-state index in [2.05, 4.69) is 0 Å². The van der Waals surface area contributed by atoms with Crippen molar-refractivity contribution < 1.29 is 33.0 Å². The monoisotopic (exact) mass is 467 g/mol. The van der Waals surface area contributed by atoms with E-state index in [0.29, 0.717) is 41.8 Å². The lowest BCUT2D eigenvalue weighted by Crippen LogP contribution is -2.40. The standard InChI is InChI=1S/C26H23F2NO5/c1-33-24-14-22(28)21(27)13-20(24)17-7-9-19(10-8-17)34-15-16-4-2-5-18(12-16)25(30)29-11-3-6-23(29)26(31)32/h2,4-5,7-10,12-14,23H,3,6,11,15H2,1H3,(H,31,32)/t23-/m1/s1. The Morgan fingerprint density at radius 2 is 1.79 bits per heavy atom. The second-order valence-corrected chi connectivity index (χ2v) is 7.97. The number of carbonyl (C=O) groups is 2. The minimum absolute atomic E-state index is 0.192. The number of methoxy groups -OCH3 is 1. The molecule has 1 aliphatic heterocycles. The number of halogens is 2. The molecule has 3 aromatic rings. The summed E-state index contributed by atoms with van der Waals surface area (Å²) in [4.78, 5) is 25.6. The normalized spacial score (nSPS) is 15.3. The maximum Gasteiger partial charge on any atom is 0.326 e. The van der Waals surface area contributed by atoms with Crippen LogP contribution in [0.15, 0.2) is 60.7 Å². The lowest BCUT2D eigenvalue weighted by atomic mass is 10.0. The third-order valence-electron chi connectivity index (χ3n) is 5.79. The van der Waals surface area contributed by atoms with Crippen LogP contribution in [0.3, 0.4) is 0 Å². The number of hydrogen-bond acceptors (Lipinski definition) is 4. The molecule has 1 heterocycles. The molecule has 176 valence electrons. The summed E-state index contributed by atoms with van der Waals surface area (Å²) in [6.45, 7) is 0.614. The summed E-state index contributed by atoms with van der Waals surface area (Å²) in [5.74, 6) is -2.48. The number of likely N-dealkylation sites (tertiary alicyclic amines) is 1. The molecule has 1 saturated heterocycles. The van der Waals surface area contributed by atoms with Gasteiger partial charge in [-0.05, 0) is 54.3 Å². The number of amides is 1. The maximum absolute atomic E-state index is 13.7. The first-order valence-corrected chi connectivity index (χ1v) is 10.8. The van der Waals surface area contributed by atoms with E-state index in [4.69, 9.17) is 9.47 Å². The number of carbonyl (C=O) groups excluding carboxylic acids is 1. The van der Waals surface area contributed by atoms with E-state index in [9.17, 15) is 23.5 Å². The number of ether oxygens (including phenoxy) is 2. The van der Waals surface area contributed by atoms with E-state index >= 15 is 0 Å². The average Bonchev–Trinajstić information content (AvgIpc) is 3.35. The van der Waals surface area contributed by atoms with Gasteiger partial charge in [0.2, 0.25) is 0 Å². The molecule has 0 bridgehead atoms. The molecule has 0 aromatic heterocycles. The van der Waals surface area contributed by atoms with Crippen LogP contribution in [0.4, 0.5) is 8.78 Å². The number of carboxylic acid groups (broad SMARTS) is 1. The van der Waals surface area contributed by atoms with Crippen molar-refractivity contribution >= 4 is 11.9 Å². The van der Waals surface area contributed by atoms with E-state index in [0.717, 1.165) is 17.7 Å². The van der Waals surface area contributed by atoms with Gasteiger partial charge in [-0.25, -0.2) is 13.6 Å². The van der Waals surface area contributed by atoms with Gasteiger partial charge in [-0.15, -0.1) is 0 Å². The largest absolute Gasteiger partial charge is 0.496 e. The van der Waals surface area contributed by atoms with Crippen LogP contribution < -0.4 is 9.47 Å². The third-order valence-corrected chi connectivity index (χ3v) is 5.79. The summed E-state index contributed by atoms with van der Waals surface area (Å²) < 4.78 is 38.2. The summed E-state index contributed by atoms with van der Waals surface area (Å²) in [5, 5.41) is 9.34. The van der Waals surface area contributed by atoms with E-state index < -0.39 is 23.6 Å². The first-order valence-electron chi connectivity index (χ1n) is 10.8. The molecule has 0 radical (unpaired) electrons. The molecular formula is C26H23F2NO5. The summed E-state index contributed by atoms with van der Waals surface area (Å²) in [7, 11) is 1.39. The minimum atomic E-state index is -0.991. The number of rotatable bonds is 7. The fourth-order valence-electron chi connectivity index (χ4n) is 4.05. The van der Waals surface area contributed by atoms with Gasteiger partial charge in [0.1, 0.15) is 24.1 Å². The van der Waals surface area contributed by atoms with Crippen molar-refractivity contribution in [2.45, 2.75) is 25.5 Å². The van der Waals surface area contributed by atoms with Crippen LogP contribution in [0.2, 0.25) is 0 Å². The van der Waals surface area contributed by atoms with Crippen molar-refractivity contribution in [1.29, 1.82) is 0 Å². The molecule has 6 nitrogen and oxygen atoms in total. The molecule has 0 saturated carbocycles. The molecule has 8 heteroatoms. The number of aliphatic carboxylic acids is 1. The van der Waals surface area contributed by atoms with Gasteiger partial charge < -0.3 is 19.5 Å². The van der Waals surface area contributed by atoms with Crippen LogP contribution in [-0.4, -0.2) is 41.6 Å². The van der Waals surface area contributed by atoms with Crippen molar-refractivity contribution in [2.24, 2.45) is 0 Å². The van der Waals surface area contributed by atoms with Crippen LogP contribution in [0.1, 0.15) is 28.8 Å². The molecule has 1 N–H and O–H groups in total. The first kappa shape index (κ1) is 23.2. The van der Waals surface area contributed by atoms with Gasteiger partial charge in [-0.2, -0.15) is 0 Å². The molecule has 0 aliphatic carbocycles. The molecule has 1 amide bonds. The molecule has 0 spiro atoms. The van der Waals surface area contributed by atoms with Crippen molar-refractivity contribution in [2.75, 3.05) is 13.7 Å². The molecular weight excluding hydrogens is 444 g/mol. The Hall–Kier alpha value is -3.94. The van der Waals surface area contributed by atoms with Gasteiger partial charge in [0.15, 0.2) is 11.6 Å². The van der Waals surface area contributed by atoms with Gasteiger partial charge >= 0.3 is 5.97 Å². The predicted molar refractivity (Wildman–Crippen MR) is 121 cm³/mol. The van der Waals surface area contributed by atoms with Crippen LogP contribution in [0.5, 0.6) is 11.5 Å². The Morgan fingerprint density at radius 3 is 2.50 bits per heavy atom. The SMILES string of the molecule is COc1cc(F)c(F)cc1-c1ccc(OCc2cccc(C(=O)N3CCC[C@@H]3C(=O)O)c2)cc1. The molecule has 3 aromatic carbocycles. The van der Waals surface area contributed by atoms with Crippen LogP contribution in [0.25, 0.3) is 11.1 Å². The van der Waals surface area contributed by atoms with Gasteiger partial charge in [0, 0.05) is 23.7 Å². The first-order chi connectivity index (χ1) is 16.4. The van der Waals surface area contributed by atoms with Gasteiger partial charge in [-0.1, -0.05) is 24.3 Å². The second-order valence-electron chi connectivity index (χ2n) is 7.97. The predicted octanol–water partition coefficient (Wildman–Crippen LogP) is 4.91. The van der Waals surface area contributed by atoms with Crippen molar-refractivity contribution in [3.8, 4) is 22.6 Å². The summed E-state index contributed by atoms with van der Waals surface area (Å²) in [5.41, 5.74) is 2.22. The average molecular weight is 467 g/mol. The van der Waals surface area contributed by atoms with E-state index in [1.165, 1.54) is 12.0 Å². The highest BCUT2D eigenvalue weighted by molar-refractivity contribution is 5.97. The van der Waals surface area contributed by atoms with Crippen molar-refractivity contribution in [3.63, 3.8) is 0 Å². The van der Waals surface area contributed by atoms with Gasteiger partial charge in [0.25, 0.3) is 5.91 Å². The molecule has 4 rings (SSSR count). The van der Waals surface area contributed by atoms with Crippen LogP contribution >= 0.6 is 0 Å². The Balaban J connectivity index is 1.44. The zero-order chi connectivity index (χ0) is 24.2. The summed E-state index contributed by atoms with van der Waals surface area (Å²) >= 11 is 0. The highest BCUT2D eigenvalue weighted by atomic mass is 19.2. The highest BCUT2D eigenvalue weighted by Gasteiger charge is 2.34. The fraction of sp³-hybridized carbons (Fsp3) is 0.231. The number of nitrogens with zero attached hydrogens (tertiary/aromatic N) is 1. The molecule has 1 aliphatic rings. The number of hydrogen-bond donors (Lipinski definition) is 1. The lowest BCUT2D eigenvalue weighted by Gasteiger charge is -2.21. The van der Waals surface area contributed by atoms with E-state index in [1.807, 2.05) is 6.07 Å². The Kier molecular flexibility index (Phi) is 6.77. The molecule has 0 unspecified atom stereocenters. The highest BCUT2D eigenvalue weighted by Crippen LogP contribution is 2.33. The third kappa shape index (κ3) is 4.85. The quantitative estimate of drug-likeness (QED) is 0.535. The van der Waals surface area contributed by atoms with Gasteiger partial charge in [0.05, 0.1) is 7.11 Å².